The summed E-state index contributed by atoms with van der Waals surface area (Å²) in [6, 6.07) is 0. The SMILES string of the molecule is C.C.C.C.C.C.CC(COCCO)OCCO. The largest absolute Gasteiger partial charge is 0.394 e. The predicted octanol–water partition coefficient (Wildman–Crippen LogP) is 3.21. The molecular weight excluding hydrogens is 220 g/mol. The van der Waals surface area contributed by atoms with Crippen LogP contribution in [0.2, 0.25) is 0 Å². The average Bonchev–Trinajstić information content (AvgIpc) is 2.01. The molecule has 0 fully saturated rings. The molecule has 0 aromatic heterocycles. The molecule has 116 valence electrons. The van der Waals surface area contributed by atoms with Gasteiger partial charge in [0, 0.05) is 0 Å². The van der Waals surface area contributed by atoms with Gasteiger partial charge in [-0.2, -0.15) is 0 Å². The smallest absolute Gasteiger partial charge is 0.0781 e. The maximum Gasteiger partial charge on any atom is 0.0781 e. The van der Waals surface area contributed by atoms with Gasteiger partial charge in [-0.1, -0.05) is 44.6 Å². The summed E-state index contributed by atoms with van der Waals surface area (Å²) in [7, 11) is 0. The van der Waals surface area contributed by atoms with E-state index < -0.39 is 0 Å². The molecule has 2 N–H and O–H groups in total. The summed E-state index contributed by atoms with van der Waals surface area (Å²) in [6.07, 6.45) is -0.0197. The Morgan fingerprint density at radius 3 is 1.59 bits per heavy atom. The topological polar surface area (TPSA) is 58.9 Å². The van der Waals surface area contributed by atoms with Gasteiger partial charge in [0.25, 0.3) is 0 Å². The summed E-state index contributed by atoms with van der Waals surface area (Å²) in [5.41, 5.74) is 0. The molecule has 0 saturated carbocycles. The molecule has 0 aliphatic carbocycles. The molecule has 0 heterocycles. The van der Waals surface area contributed by atoms with Gasteiger partial charge in [0.1, 0.15) is 0 Å². The van der Waals surface area contributed by atoms with Gasteiger partial charge in [-0.05, 0) is 6.92 Å². The van der Waals surface area contributed by atoms with Crippen LogP contribution in [0.25, 0.3) is 0 Å². The Hall–Kier alpha value is -0.160. The molecule has 0 amide bonds. The minimum absolute atomic E-state index is 0. The van der Waals surface area contributed by atoms with E-state index in [4.69, 9.17) is 19.7 Å². The standard InChI is InChI=1S/C7H16O4.6CH4/c1-7(11-5-3-9)6-10-4-2-8;;;;;;/h7-9H,2-6H2,1H3;6*1H4. The van der Waals surface area contributed by atoms with E-state index in [1.165, 1.54) is 0 Å². The molecule has 1 atom stereocenters. The van der Waals surface area contributed by atoms with E-state index in [1.54, 1.807) is 0 Å². The van der Waals surface area contributed by atoms with Crippen molar-refractivity contribution in [3.05, 3.63) is 0 Å². The van der Waals surface area contributed by atoms with Crippen LogP contribution < -0.4 is 0 Å². The van der Waals surface area contributed by atoms with Gasteiger partial charge in [-0.25, -0.2) is 0 Å². The van der Waals surface area contributed by atoms with E-state index >= 15 is 0 Å². The predicted molar refractivity (Wildman–Crippen MR) is 80.8 cm³/mol. The van der Waals surface area contributed by atoms with Crippen molar-refractivity contribution in [3.63, 3.8) is 0 Å². The zero-order chi connectivity index (χ0) is 8.53. The molecule has 1 unspecified atom stereocenters. The minimum atomic E-state index is -0.0197. The highest BCUT2D eigenvalue weighted by atomic mass is 16.5. The lowest BCUT2D eigenvalue weighted by Crippen LogP contribution is -2.18. The molecule has 4 heteroatoms. The number of aliphatic hydroxyl groups is 2. The van der Waals surface area contributed by atoms with Crippen molar-refractivity contribution < 1.29 is 19.7 Å². The van der Waals surface area contributed by atoms with Gasteiger partial charge in [0.15, 0.2) is 0 Å². The molecule has 0 aliphatic heterocycles. The second-order valence-corrected chi connectivity index (χ2v) is 2.20. The molecule has 0 aliphatic rings. The van der Waals surface area contributed by atoms with E-state index in [2.05, 4.69) is 0 Å². The maximum atomic E-state index is 8.38. The normalized spacial score (nSPS) is 8.65. The average molecular weight is 260 g/mol. The molecular formula is C13H40O4. The van der Waals surface area contributed by atoms with Crippen LogP contribution >= 0.6 is 0 Å². The third kappa shape index (κ3) is 38.8. The summed E-state index contributed by atoms with van der Waals surface area (Å²) in [4.78, 5) is 0. The third-order valence-electron chi connectivity index (χ3n) is 1.08. The van der Waals surface area contributed by atoms with Crippen LogP contribution in [0.5, 0.6) is 0 Å². The fourth-order valence-corrected chi connectivity index (χ4v) is 0.616. The van der Waals surface area contributed by atoms with Crippen molar-refractivity contribution in [1.82, 2.24) is 0 Å². The first-order valence-electron chi connectivity index (χ1n) is 3.72. The molecule has 17 heavy (non-hydrogen) atoms. The van der Waals surface area contributed by atoms with Crippen LogP contribution in [0, 0.1) is 0 Å². The van der Waals surface area contributed by atoms with Crippen molar-refractivity contribution in [3.8, 4) is 0 Å². The lowest BCUT2D eigenvalue weighted by molar-refractivity contribution is -0.0246. The zero-order valence-electron chi connectivity index (χ0n) is 6.82. The van der Waals surface area contributed by atoms with Crippen LogP contribution in [0.3, 0.4) is 0 Å². The van der Waals surface area contributed by atoms with Gasteiger partial charge in [0.05, 0.1) is 39.1 Å². The molecule has 4 nitrogen and oxygen atoms in total. The van der Waals surface area contributed by atoms with E-state index in [1.807, 2.05) is 6.92 Å². The third-order valence-corrected chi connectivity index (χ3v) is 1.08. The zero-order valence-corrected chi connectivity index (χ0v) is 6.82. The second kappa shape index (κ2) is 36.0. The Bertz CT molecular complexity index is 79.8. The highest BCUT2D eigenvalue weighted by Gasteiger charge is 2.00. The Morgan fingerprint density at radius 1 is 0.824 bits per heavy atom. The molecule has 0 rings (SSSR count). The maximum absolute atomic E-state index is 8.38. The van der Waals surface area contributed by atoms with Crippen molar-refractivity contribution in [2.75, 3.05) is 33.0 Å². The summed E-state index contributed by atoms with van der Waals surface area (Å²) in [6.45, 7) is 3.06. The van der Waals surface area contributed by atoms with E-state index in [0.29, 0.717) is 19.8 Å². The Labute approximate surface area is 111 Å². The summed E-state index contributed by atoms with van der Waals surface area (Å²) in [5, 5.41) is 16.7. The number of hydrogen-bond acceptors (Lipinski definition) is 4. The quantitative estimate of drug-likeness (QED) is 0.690. The Morgan fingerprint density at radius 2 is 1.24 bits per heavy atom. The lowest BCUT2D eigenvalue weighted by atomic mass is 10.4. The summed E-state index contributed by atoms with van der Waals surface area (Å²) >= 11 is 0. The number of rotatable bonds is 7. The second-order valence-electron chi connectivity index (χ2n) is 2.20. The van der Waals surface area contributed by atoms with Gasteiger partial charge in [0.2, 0.25) is 0 Å². The van der Waals surface area contributed by atoms with Gasteiger partial charge in [-0.15, -0.1) is 0 Å². The number of hydrogen-bond donors (Lipinski definition) is 2. The minimum Gasteiger partial charge on any atom is -0.394 e. The molecule has 0 aromatic carbocycles. The Balaban J connectivity index is -0.0000000333. The van der Waals surface area contributed by atoms with Gasteiger partial charge in [-0.3, -0.25) is 0 Å². The first-order chi connectivity index (χ1) is 5.31. The summed E-state index contributed by atoms with van der Waals surface area (Å²) < 4.78 is 10.1. The van der Waals surface area contributed by atoms with E-state index in [-0.39, 0.29) is 63.9 Å². The fourth-order valence-electron chi connectivity index (χ4n) is 0.616. The summed E-state index contributed by atoms with van der Waals surface area (Å²) in [5.74, 6) is 0. The lowest BCUT2D eigenvalue weighted by Gasteiger charge is -2.11. The van der Waals surface area contributed by atoms with Crippen molar-refractivity contribution >= 4 is 0 Å². The van der Waals surface area contributed by atoms with E-state index in [0.717, 1.165) is 0 Å². The van der Waals surface area contributed by atoms with Crippen LogP contribution in [0.1, 0.15) is 51.5 Å². The van der Waals surface area contributed by atoms with E-state index in [9.17, 15) is 0 Å². The van der Waals surface area contributed by atoms with Crippen molar-refractivity contribution in [1.29, 1.82) is 0 Å². The molecule has 0 radical (unpaired) electrons. The molecule has 0 bridgehead atoms. The van der Waals surface area contributed by atoms with Gasteiger partial charge < -0.3 is 19.7 Å². The number of ether oxygens (including phenoxy) is 2. The van der Waals surface area contributed by atoms with Crippen molar-refractivity contribution in [2.45, 2.75) is 57.6 Å². The Kier molecular flexibility index (Phi) is 92.5. The number of aliphatic hydroxyl groups excluding tert-OH is 2. The van der Waals surface area contributed by atoms with Gasteiger partial charge >= 0.3 is 0 Å². The molecule has 0 spiro atoms. The highest BCUT2D eigenvalue weighted by Crippen LogP contribution is 1.90. The molecule has 0 aromatic rings. The first kappa shape index (κ1) is 43.6. The van der Waals surface area contributed by atoms with Crippen LogP contribution in [-0.2, 0) is 9.47 Å². The van der Waals surface area contributed by atoms with Crippen LogP contribution in [-0.4, -0.2) is 49.4 Å². The van der Waals surface area contributed by atoms with Crippen LogP contribution in [0.15, 0.2) is 0 Å². The monoisotopic (exact) mass is 260 g/mol. The van der Waals surface area contributed by atoms with Crippen molar-refractivity contribution in [2.24, 2.45) is 0 Å². The highest BCUT2D eigenvalue weighted by molar-refractivity contribution is 4.46. The van der Waals surface area contributed by atoms with Crippen LogP contribution in [0.4, 0.5) is 0 Å². The molecule has 0 saturated heterocycles. The first-order valence-corrected chi connectivity index (χ1v) is 3.72. The fraction of sp³-hybridized carbons (Fsp3) is 1.00.